The Kier molecular flexibility index (Phi) is 3.43. The third-order valence-corrected chi connectivity index (χ3v) is 3.76. The quantitative estimate of drug-likeness (QED) is 0.882. The molecule has 1 aromatic rings. The first-order chi connectivity index (χ1) is 8.05. The van der Waals surface area contributed by atoms with Gasteiger partial charge in [0.1, 0.15) is 0 Å². The fourth-order valence-electron chi connectivity index (χ4n) is 2.49. The predicted octanol–water partition coefficient (Wildman–Crippen LogP) is 2.78. The predicted molar refractivity (Wildman–Crippen MR) is 62.8 cm³/mol. The molecule has 94 valence electrons. The van der Waals surface area contributed by atoms with Crippen molar-refractivity contribution in [3.8, 4) is 0 Å². The molecule has 1 aliphatic carbocycles. The molecule has 0 spiro atoms. The fourth-order valence-corrected chi connectivity index (χ4v) is 2.49. The van der Waals surface area contributed by atoms with Gasteiger partial charge < -0.3 is 5.73 Å². The third-order valence-electron chi connectivity index (χ3n) is 3.76. The Labute approximate surface area is 100 Å². The number of hydrogen-bond acceptors (Lipinski definition) is 2. The number of alkyl halides is 2. The van der Waals surface area contributed by atoms with Crippen LogP contribution in [0, 0.1) is 5.41 Å². The van der Waals surface area contributed by atoms with Crippen LogP contribution in [-0.2, 0) is 6.42 Å². The molecule has 0 saturated heterocycles. The average Bonchev–Trinajstić information content (AvgIpc) is 2.34. The van der Waals surface area contributed by atoms with Gasteiger partial charge in [-0.25, -0.2) is 8.78 Å². The normalized spacial score (nSPS) is 22.3. The van der Waals surface area contributed by atoms with Crippen LogP contribution in [0.1, 0.15) is 31.4 Å². The number of hydrogen-bond donors (Lipinski definition) is 1. The van der Waals surface area contributed by atoms with Gasteiger partial charge in [-0.1, -0.05) is 6.07 Å². The Morgan fingerprint density at radius 2 is 1.88 bits per heavy atom. The van der Waals surface area contributed by atoms with Crippen molar-refractivity contribution < 1.29 is 8.78 Å². The molecule has 0 bridgehead atoms. The SMILES string of the molecule is NCC1(Cc2ccccn2)CCC(F)(F)CC1. The molecule has 1 saturated carbocycles. The van der Waals surface area contributed by atoms with E-state index in [0.717, 1.165) is 5.69 Å². The van der Waals surface area contributed by atoms with Crippen LogP contribution >= 0.6 is 0 Å². The first-order valence-corrected chi connectivity index (χ1v) is 6.03. The monoisotopic (exact) mass is 240 g/mol. The van der Waals surface area contributed by atoms with Gasteiger partial charge in [-0.15, -0.1) is 0 Å². The van der Waals surface area contributed by atoms with Gasteiger partial charge in [-0.05, 0) is 43.4 Å². The van der Waals surface area contributed by atoms with Gasteiger partial charge in [0.15, 0.2) is 0 Å². The minimum atomic E-state index is -2.50. The average molecular weight is 240 g/mol. The fraction of sp³-hybridized carbons (Fsp3) is 0.615. The number of nitrogens with two attached hydrogens (primary N) is 1. The van der Waals surface area contributed by atoms with Crippen molar-refractivity contribution in [3.63, 3.8) is 0 Å². The summed E-state index contributed by atoms with van der Waals surface area (Å²) in [6.45, 7) is 0.458. The Bertz CT molecular complexity index is 355. The van der Waals surface area contributed by atoms with Crippen LogP contribution in [0.2, 0.25) is 0 Å². The summed E-state index contributed by atoms with van der Waals surface area (Å²) < 4.78 is 26.3. The minimum absolute atomic E-state index is 0.0446. The molecule has 4 heteroatoms. The van der Waals surface area contributed by atoms with Crippen molar-refractivity contribution >= 4 is 0 Å². The van der Waals surface area contributed by atoms with Gasteiger partial charge >= 0.3 is 0 Å². The second-order valence-corrected chi connectivity index (χ2v) is 5.06. The van der Waals surface area contributed by atoms with Crippen LogP contribution < -0.4 is 5.73 Å². The van der Waals surface area contributed by atoms with Gasteiger partial charge in [0.25, 0.3) is 0 Å². The molecule has 1 fully saturated rings. The summed E-state index contributed by atoms with van der Waals surface area (Å²) in [4.78, 5) is 4.26. The van der Waals surface area contributed by atoms with E-state index >= 15 is 0 Å². The van der Waals surface area contributed by atoms with Crippen molar-refractivity contribution in [2.24, 2.45) is 11.1 Å². The summed E-state index contributed by atoms with van der Waals surface area (Å²) >= 11 is 0. The maximum absolute atomic E-state index is 13.2. The van der Waals surface area contributed by atoms with Gasteiger partial charge in [0.05, 0.1) is 0 Å². The van der Waals surface area contributed by atoms with Crippen molar-refractivity contribution in [1.29, 1.82) is 0 Å². The highest BCUT2D eigenvalue weighted by molar-refractivity contribution is 5.08. The lowest BCUT2D eigenvalue weighted by atomic mass is 9.70. The van der Waals surface area contributed by atoms with Gasteiger partial charge in [0, 0.05) is 24.7 Å². The largest absolute Gasteiger partial charge is 0.330 e. The van der Waals surface area contributed by atoms with Crippen LogP contribution in [0.15, 0.2) is 24.4 Å². The minimum Gasteiger partial charge on any atom is -0.330 e. The molecule has 2 N–H and O–H groups in total. The molecule has 0 radical (unpaired) electrons. The number of pyridine rings is 1. The molecule has 0 aliphatic heterocycles. The van der Waals surface area contributed by atoms with E-state index in [2.05, 4.69) is 4.98 Å². The van der Waals surface area contributed by atoms with Crippen molar-refractivity contribution in [1.82, 2.24) is 4.98 Å². The molecule has 2 nitrogen and oxygen atoms in total. The maximum atomic E-state index is 13.2. The number of nitrogens with zero attached hydrogens (tertiary/aromatic N) is 1. The van der Waals surface area contributed by atoms with Crippen LogP contribution in [0.25, 0.3) is 0 Å². The van der Waals surface area contributed by atoms with E-state index in [1.54, 1.807) is 6.20 Å². The second-order valence-electron chi connectivity index (χ2n) is 5.06. The summed E-state index contributed by atoms with van der Waals surface area (Å²) in [7, 11) is 0. The van der Waals surface area contributed by atoms with E-state index in [-0.39, 0.29) is 18.3 Å². The Morgan fingerprint density at radius 1 is 1.18 bits per heavy atom. The lowest BCUT2D eigenvalue weighted by Crippen LogP contribution is -2.40. The van der Waals surface area contributed by atoms with Crippen molar-refractivity contribution in [3.05, 3.63) is 30.1 Å². The van der Waals surface area contributed by atoms with Crippen LogP contribution in [0.3, 0.4) is 0 Å². The smallest absolute Gasteiger partial charge is 0.248 e. The zero-order chi connectivity index (χ0) is 12.4. The topological polar surface area (TPSA) is 38.9 Å². The maximum Gasteiger partial charge on any atom is 0.248 e. The molecule has 0 atom stereocenters. The van der Waals surface area contributed by atoms with Gasteiger partial charge in [-0.2, -0.15) is 0 Å². The Balaban J connectivity index is 2.06. The van der Waals surface area contributed by atoms with Crippen LogP contribution in [-0.4, -0.2) is 17.5 Å². The Hall–Kier alpha value is -1.03. The molecule has 1 heterocycles. The van der Waals surface area contributed by atoms with Gasteiger partial charge in [-0.3, -0.25) is 4.98 Å². The first kappa shape index (κ1) is 12.4. The van der Waals surface area contributed by atoms with E-state index in [4.69, 9.17) is 5.73 Å². The summed E-state index contributed by atoms with van der Waals surface area (Å²) in [5, 5.41) is 0. The molecule has 17 heavy (non-hydrogen) atoms. The number of halogens is 2. The van der Waals surface area contributed by atoms with E-state index < -0.39 is 5.92 Å². The molecule has 1 aromatic heterocycles. The number of rotatable bonds is 3. The molecule has 2 rings (SSSR count). The van der Waals surface area contributed by atoms with E-state index in [9.17, 15) is 8.78 Å². The summed E-state index contributed by atoms with van der Waals surface area (Å²) in [6.07, 6.45) is 3.34. The zero-order valence-electron chi connectivity index (χ0n) is 9.83. The molecule has 0 amide bonds. The van der Waals surface area contributed by atoms with Crippen LogP contribution in [0.4, 0.5) is 8.78 Å². The lowest BCUT2D eigenvalue weighted by molar-refractivity contribution is -0.0653. The number of aromatic nitrogens is 1. The first-order valence-electron chi connectivity index (χ1n) is 6.03. The second kappa shape index (κ2) is 4.69. The third kappa shape index (κ3) is 3.00. The summed E-state index contributed by atoms with van der Waals surface area (Å²) in [5.41, 5.74) is 6.56. The van der Waals surface area contributed by atoms with E-state index in [1.165, 1.54) is 0 Å². The molecular weight excluding hydrogens is 222 g/mol. The lowest BCUT2D eigenvalue weighted by Gasteiger charge is -2.39. The molecule has 0 unspecified atom stereocenters. The highest BCUT2D eigenvalue weighted by Crippen LogP contribution is 2.44. The Morgan fingerprint density at radius 3 is 2.41 bits per heavy atom. The highest BCUT2D eigenvalue weighted by Gasteiger charge is 2.42. The van der Waals surface area contributed by atoms with E-state index in [0.29, 0.717) is 25.8 Å². The highest BCUT2D eigenvalue weighted by atomic mass is 19.3. The van der Waals surface area contributed by atoms with Gasteiger partial charge in [0.2, 0.25) is 5.92 Å². The zero-order valence-corrected chi connectivity index (χ0v) is 9.83. The van der Waals surface area contributed by atoms with Crippen LogP contribution in [0.5, 0.6) is 0 Å². The van der Waals surface area contributed by atoms with E-state index in [1.807, 2.05) is 18.2 Å². The summed E-state index contributed by atoms with van der Waals surface area (Å²) in [5.74, 6) is -2.50. The molecule has 0 aromatic carbocycles. The van der Waals surface area contributed by atoms with Crippen molar-refractivity contribution in [2.45, 2.75) is 38.0 Å². The van der Waals surface area contributed by atoms with Crippen molar-refractivity contribution in [2.75, 3.05) is 6.54 Å². The molecular formula is C13H18F2N2. The standard InChI is InChI=1S/C13H18F2N2/c14-13(15)6-4-12(10-16,5-7-13)9-11-3-1-2-8-17-11/h1-3,8H,4-7,9-10,16H2. The summed E-state index contributed by atoms with van der Waals surface area (Å²) in [6, 6.07) is 5.71. The molecule has 1 aliphatic rings.